The maximum absolute atomic E-state index is 10.9. The lowest BCUT2D eigenvalue weighted by molar-refractivity contribution is 0.317. The van der Waals surface area contributed by atoms with Crippen LogP contribution in [-0.4, -0.2) is 27.0 Å². The maximum atomic E-state index is 10.9. The van der Waals surface area contributed by atoms with Crippen LogP contribution in [0.1, 0.15) is 31.4 Å². The summed E-state index contributed by atoms with van der Waals surface area (Å²) in [5.41, 5.74) is 6.99. The Hall–Kier alpha value is -1.07. The average Bonchev–Trinajstić information content (AvgIpc) is 2.33. The minimum absolute atomic E-state index is 0.0595. The third kappa shape index (κ3) is 5.51. The smallest absolute Gasteiger partial charge is 0.147 e. The van der Waals surface area contributed by atoms with Gasteiger partial charge in [0.1, 0.15) is 15.6 Å². The molecule has 0 aliphatic heterocycles. The Kier molecular flexibility index (Phi) is 5.62. The van der Waals surface area contributed by atoms with Gasteiger partial charge in [-0.05, 0) is 30.5 Å². The highest BCUT2D eigenvalue weighted by atomic mass is 32.2. The van der Waals surface area contributed by atoms with Crippen molar-refractivity contribution in [2.24, 2.45) is 5.73 Å². The second kappa shape index (κ2) is 6.75. The highest BCUT2D eigenvalue weighted by molar-refractivity contribution is 7.90. The molecular weight excluding hydrogens is 250 g/mol. The van der Waals surface area contributed by atoms with Crippen LogP contribution in [-0.2, 0) is 9.84 Å². The van der Waals surface area contributed by atoms with E-state index >= 15 is 0 Å². The lowest BCUT2D eigenvalue weighted by Crippen LogP contribution is -2.09. The van der Waals surface area contributed by atoms with Gasteiger partial charge >= 0.3 is 0 Å². The first-order valence-corrected chi connectivity index (χ1v) is 8.14. The van der Waals surface area contributed by atoms with Crippen molar-refractivity contribution in [2.75, 3.05) is 18.6 Å². The Balaban J connectivity index is 2.40. The van der Waals surface area contributed by atoms with E-state index in [-0.39, 0.29) is 11.8 Å². The van der Waals surface area contributed by atoms with Crippen LogP contribution in [0.4, 0.5) is 0 Å². The van der Waals surface area contributed by atoms with E-state index in [0.29, 0.717) is 13.0 Å². The van der Waals surface area contributed by atoms with E-state index in [0.717, 1.165) is 17.7 Å². The van der Waals surface area contributed by atoms with Crippen molar-refractivity contribution in [1.29, 1.82) is 0 Å². The molecule has 0 saturated carbocycles. The van der Waals surface area contributed by atoms with Crippen LogP contribution in [0.3, 0.4) is 0 Å². The standard InChI is InChI=1S/C13H21NO3S/c1-3-13(14)11-5-7-12(8-6-11)17-9-4-10-18(2,15)16/h5-8,13H,3-4,9-10,14H2,1-2H3/t13-/m1/s1. The van der Waals surface area contributed by atoms with E-state index < -0.39 is 9.84 Å². The van der Waals surface area contributed by atoms with Crippen molar-refractivity contribution in [2.45, 2.75) is 25.8 Å². The van der Waals surface area contributed by atoms with Crippen molar-refractivity contribution in [1.82, 2.24) is 0 Å². The molecule has 102 valence electrons. The van der Waals surface area contributed by atoms with Crippen LogP contribution in [0, 0.1) is 0 Å². The van der Waals surface area contributed by atoms with Crippen LogP contribution >= 0.6 is 0 Å². The zero-order valence-corrected chi connectivity index (χ0v) is 11.7. The minimum atomic E-state index is -2.90. The molecule has 4 nitrogen and oxygen atoms in total. The number of ether oxygens (including phenoxy) is 1. The van der Waals surface area contributed by atoms with Crippen LogP contribution in [0.2, 0.25) is 0 Å². The highest BCUT2D eigenvalue weighted by Crippen LogP contribution is 2.18. The molecule has 0 aliphatic rings. The topological polar surface area (TPSA) is 69.4 Å². The molecule has 0 radical (unpaired) electrons. The molecule has 0 unspecified atom stereocenters. The van der Waals surface area contributed by atoms with Gasteiger partial charge in [0, 0.05) is 12.3 Å². The summed E-state index contributed by atoms with van der Waals surface area (Å²) in [6.07, 6.45) is 2.64. The predicted molar refractivity (Wildman–Crippen MR) is 73.5 cm³/mol. The minimum Gasteiger partial charge on any atom is -0.494 e. The van der Waals surface area contributed by atoms with Crippen molar-refractivity contribution in [3.63, 3.8) is 0 Å². The van der Waals surface area contributed by atoms with Gasteiger partial charge in [-0.3, -0.25) is 0 Å². The van der Waals surface area contributed by atoms with Gasteiger partial charge < -0.3 is 10.5 Å². The van der Waals surface area contributed by atoms with E-state index in [1.807, 2.05) is 31.2 Å². The molecule has 0 saturated heterocycles. The number of hydrogen-bond acceptors (Lipinski definition) is 4. The molecule has 0 aliphatic carbocycles. The first-order chi connectivity index (χ1) is 8.42. The van der Waals surface area contributed by atoms with E-state index in [9.17, 15) is 8.42 Å². The quantitative estimate of drug-likeness (QED) is 0.769. The summed E-state index contributed by atoms with van der Waals surface area (Å²) in [5.74, 6) is 0.904. The van der Waals surface area contributed by atoms with Gasteiger partial charge in [-0.25, -0.2) is 8.42 Å². The highest BCUT2D eigenvalue weighted by Gasteiger charge is 2.04. The Bertz CT molecular complexity index is 454. The summed E-state index contributed by atoms with van der Waals surface area (Å²) in [5, 5.41) is 0. The van der Waals surface area contributed by atoms with E-state index in [4.69, 9.17) is 10.5 Å². The molecule has 1 rings (SSSR count). The summed E-state index contributed by atoms with van der Waals surface area (Å²) in [6.45, 7) is 2.45. The third-order valence-corrected chi connectivity index (χ3v) is 3.71. The molecule has 0 amide bonds. The maximum Gasteiger partial charge on any atom is 0.147 e. The van der Waals surface area contributed by atoms with Gasteiger partial charge in [-0.15, -0.1) is 0 Å². The number of sulfone groups is 1. The van der Waals surface area contributed by atoms with Crippen molar-refractivity contribution in [3.8, 4) is 5.75 Å². The number of benzene rings is 1. The lowest BCUT2D eigenvalue weighted by Gasteiger charge is -2.10. The third-order valence-electron chi connectivity index (χ3n) is 2.68. The van der Waals surface area contributed by atoms with E-state index in [2.05, 4.69) is 0 Å². The fourth-order valence-corrected chi connectivity index (χ4v) is 2.20. The van der Waals surface area contributed by atoms with E-state index in [1.54, 1.807) is 0 Å². The Morgan fingerprint density at radius 1 is 1.28 bits per heavy atom. The van der Waals surface area contributed by atoms with E-state index in [1.165, 1.54) is 6.26 Å². The molecule has 5 heteroatoms. The van der Waals surface area contributed by atoms with Crippen LogP contribution < -0.4 is 10.5 Å². The van der Waals surface area contributed by atoms with Gasteiger partial charge in [-0.1, -0.05) is 19.1 Å². The van der Waals surface area contributed by atoms with Gasteiger partial charge in [0.05, 0.1) is 12.4 Å². The summed E-state index contributed by atoms with van der Waals surface area (Å²) >= 11 is 0. The number of hydrogen-bond donors (Lipinski definition) is 1. The molecule has 18 heavy (non-hydrogen) atoms. The van der Waals surface area contributed by atoms with Gasteiger partial charge in [0.15, 0.2) is 0 Å². The second-order valence-corrected chi connectivity index (χ2v) is 6.68. The van der Waals surface area contributed by atoms with Crippen molar-refractivity contribution < 1.29 is 13.2 Å². The molecule has 0 heterocycles. The zero-order chi connectivity index (χ0) is 13.6. The predicted octanol–water partition coefficient (Wildman–Crippen LogP) is 1.91. The fourth-order valence-electron chi connectivity index (χ4n) is 1.56. The molecule has 1 aromatic carbocycles. The first kappa shape index (κ1) is 15.0. The largest absolute Gasteiger partial charge is 0.494 e. The van der Waals surface area contributed by atoms with Gasteiger partial charge in [0.2, 0.25) is 0 Å². The van der Waals surface area contributed by atoms with Gasteiger partial charge in [0.25, 0.3) is 0 Å². The summed E-state index contributed by atoms with van der Waals surface area (Å²) < 4.78 is 27.3. The number of rotatable bonds is 7. The number of nitrogens with two attached hydrogens (primary N) is 1. The fraction of sp³-hybridized carbons (Fsp3) is 0.538. The Morgan fingerprint density at radius 2 is 1.89 bits per heavy atom. The van der Waals surface area contributed by atoms with Crippen molar-refractivity contribution >= 4 is 9.84 Å². The SMILES string of the molecule is CC[C@@H](N)c1ccc(OCCCS(C)(=O)=O)cc1. The van der Waals surface area contributed by atoms with Crippen LogP contribution in [0.25, 0.3) is 0 Å². The van der Waals surface area contributed by atoms with Crippen molar-refractivity contribution in [3.05, 3.63) is 29.8 Å². The molecular formula is C13H21NO3S. The molecule has 0 fully saturated rings. The molecule has 2 N–H and O–H groups in total. The molecule has 1 aromatic rings. The first-order valence-electron chi connectivity index (χ1n) is 6.08. The average molecular weight is 271 g/mol. The Labute approximate surface area is 109 Å². The monoisotopic (exact) mass is 271 g/mol. The molecule has 0 bridgehead atoms. The zero-order valence-electron chi connectivity index (χ0n) is 10.9. The summed E-state index contributed by atoms with van der Waals surface area (Å²) in [7, 11) is -2.90. The second-order valence-electron chi connectivity index (χ2n) is 4.42. The Morgan fingerprint density at radius 3 is 2.39 bits per heavy atom. The molecule has 0 spiro atoms. The molecule has 0 aromatic heterocycles. The summed E-state index contributed by atoms with van der Waals surface area (Å²) in [4.78, 5) is 0. The van der Waals surface area contributed by atoms with Crippen LogP contribution in [0.15, 0.2) is 24.3 Å². The van der Waals surface area contributed by atoms with Gasteiger partial charge in [-0.2, -0.15) is 0 Å². The summed E-state index contributed by atoms with van der Waals surface area (Å²) in [6, 6.07) is 7.68. The normalized spacial score (nSPS) is 13.3. The lowest BCUT2D eigenvalue weighted by atomic mass is 10.1. The molecule has 1 atom stereocenters. The van der Waals surface area contributed by atoms with Crippen LogP contribution in [0.5, 0.6) is 5.75 Å².